The lowest BCUT2D eigenvalue weighted by Crippen LogP contribution is -2.28. The van der Waals surface area contributed by atoms with E-state index < -0.39 is 0 Å². The van der Waals surface area contributed by atoms with Gasteiger partial charge in [-0.25, -0.2) is 0 Å². The molecule has 0 fully saturated rings. The molecule has 2 aromatic heterocycles. The number of aromatic nitrogens is 4. The topological polar surface area (TPSA) is 64.7 Å². The molecule has 1 N–H and O–H groups in total. The quantitative estimate of drug-likeness (QED) is 0.892. The minimum absolute atomic E-state index is 0.0906. The van der Waals surface area contributed by atoms with Crippen molar-refractivity contribution in [3.63, 3.8) is 0 Å². The molecule has 6 nitrogen and oxygen atoms in total. The molecule has 0 bridgehead atoms. The maximum atomic E-state index is 12.0. The predicted octanol–water partition coefficient (Wildman–Crippen LogP) is 0.972. The van der Waals surface area contributed by atoms with Gasteiger partial charge in [0.25, 0.3) is 5.91 Å². The van der Waals surface area contributed by atoms with E-state index in [0.717, 1.165) is 17.1 Å². The Bertz CT molecular complexity index is 596. The number of nitrogens with one attached hydrogen (secondary N) is 1. The van der Waals surface area contributed by atoms with Crippen LogP contribution < -0.4 is 5.32 Å². The third kappa shape index (κ3) is 2.83. The highest BCUT2D eigenvalue weighted by molar-refractivity contribution is 5.94. The maximum absolute atomic E-state index is 12.0. The molecule has 0 saturated carbocycles. The Morgan fingerprint density at radius 3 is 2.63 bits per heavy atom. The highest BCUT2D eigenvalue weighted by Crippen LogP contribution is 2.05. The zero-order valence-electron chi connectivity index (χ0n) is 11.8. The van der Waals surface area contributed by atoms with E-state index in [1.807, 2.05) is 38.6 Å². The van der Waals surface area contributed by atoms with Gasteiger partial charge in [-0.3, -0.25) is 14.2 Å². The SMILES string of the molecule is Cc1cc(C)n(CCNC(=O)c2cnn(C)c2C)n1. The molecule has 0 saturated heterocycles. The average Bonchev–Trinajstić information content (AvgIpc) is 2.84. The first kappa shape index (κ1) is 13.3. The summed E-state index contributed by atoms with van der Waals surface area (Å²) in [5, 5.41) is 11.3. The second-order valence-electron chi connectivity index (χ2n) is 4.67. The molecule has 2 heterocycles. The lowest BCUT2D eigenvalue weighted by molar-refractivity contribution is 0.0951. The summed E-state index contributed by atoms with van der Waals surface area (Å²) in [6, 6.07) is 2.02. The van der Waals surface area contributed by atoms with Crippen molar-refractivity contribution in [1.29, 1.82) is 0 Å². The van der Waals surface area contributed by atoms with Gasteiger partial charge in [-0.1, -0.05) is 0 Å². The summed E-state index contributed by atoms with van der Waals surface area (Å²) in [5.41, 5.74) is 3.58. The van der Waals surface area contributed by atoms with E-state index in [4.69, 9.17) is 0 Å². The summed E-state index contributed by atoms with van der Waals surface area (Å²) in [6.45, 7) is 7.07. The van der Waals surface area contributed by atoms with Gasteiger partial charge in [-0.15, -0.1) is 0 Å². The van der Waals surface area contributed by atoms with Crippen LogP contribution in [0.25, 0.3) is 0 Å². The molecule has 6 heteroatoms. The summed E-state index contributed by atoms with van der Waals surface area (Å²) in [5.74, 6) is -0.0906. The van der Waals surface area contributed by atoms with Gasteiger partial charge in [0.1, 0.15) is 0 Å². The van der Waals surface area contributed by atoms with Gasteiger partial charge in [-0.05, 0) is 26.8 Å². The summed E-state index contributed by atoms with van der Waals surface area (Å²) < 4.78 is 3.58. The van der Waals surface area contributed by atoms with Crippen molar-refractivity contribution in [2.24, 2.45) is 7.05 Å². The standard InChI is InChI=1S/C13H19N5O/c1-9-7-10(2)18(16-9)6-5-14-13(19)12-8-15-17(4)11(12)3/h7-8H,5-6H2,1-4H3,(H,14,19). The number of rotatable bonds is 4. The van der Waals surface area contributed by atoms with Gasteiger partial charge in [0.2, 0.25) is 0 Å². The van der Waals surface area contributed by atoms with Crippen molar-refractivity contribution in [2.75, 3.05) is 6.54 Å². The van der Waals surface area contributed by atoms with Crippen LogP contribution in [0.3, 0.4) is 0 Å². The number of hydrogen-bond donors (Lipinski definition) is 1. The second-order valence-corrected chi connectivity index (χ2v) is 4.67. The predicted molar refractivity (Wildman–Crippen MR) is 72.0 cm³/mol. The number of aryl methyl sites for hydroxylation is 3. The van der Waals surface area contributed by atoms with Crippen LogP contribution in [0.2, 0.25) is 0 Å². The molecule has 0 radical (unpaired) electrons. The highest BCUT2D eigenvalue weighted by Gasteiger charge is 2.12. The van der Waals surface area contributed by atoms with Crippen LogP contribution >= 0.6 is 0 Å². The fraction of sp³-hybridized carbons (Fsp3) is 0.462. The Hall–Kier alpha value is -2.11. The van der Waals surface area contributed by atoms with Crippen LogP contribution in [0.1, 0.15) is 27.4 Å². The number of carbonyl (C=O) groups excluding carboxylic acids is 1. The smallest absolute Gasteiger partial charge is 0.254 e. The Balaban J connectivity index is 1.91. The Morgan fingerprint density at radius 2 is 2.11 bits per heavy atom. The van der Waals surface area contributed by atoms with Gasteiger partial charge >= 0.3 is 0 Å². The normalized spacial score (nSPS) is 10.7. The lowest BCUT2D eigenvalue weighted by Gasteiger charge is -2.06. The number of nitrogens with zero attached hydrogens (tertiary/aromatic N) is 4. The molecule has 0 aliphatic heterocycles. The largest absolute Gasteiger partial charge is 0.350 e. The van der Waals surface area contributed by atoms with Crippen LogP contribution in [-0.4, -0.2) is 32.0 Å². The fourth-order valence-corrected chi connectivity index (χ4v) is 1.99. The van der Waals surface area contributed by atoms with Crippen molar-refractivity contribution in [3.8, 4) is 0 Å². The Kier molecular flexibility index (Phi) is 3.69. The van der Waals surface area contributed by atoms with Crippen LogP contribution in [0.15, 0.2) is 12.3 Å². The first-order valence-corrected chi connectivity index (χ1v) is 6.27. The Labute approximate surface area is 112 Å². The zero-order chi connectivity index (χ0) is 14.0. The van der Waals surface area contributed by atoms with E-state index >= 15 is 0 Å². The van der Waals surface area contributed by atoms with Crippen molar-refractivity contribution >= 4 is 5.91 Å². The molecule has 19 heavy (non-hydrogen) atoms. The third-order valence-corrected chi connectivity index (χ3v) is 3.19. The van der Waals surface area contributed by atoms with E-state index in [2.05, 4.69) is 15.5 Å². The van der Waals surface area contributed by atoms with Crippen molar-refractivity contribution in [2.45, 2.75) is 27.3 Å². The van der Waals surface area contributed by atoms with Gasteiger partial charge in [0, 0.05) is 25.0 Å². The van der Waals surface area contributed by atoms with Crippen molar-refractivity contribution in [3.05, 3.63) is 34.9 Å². The molecule has 1 amide bonds. The minimum atomic E-state index is -0.0906. The number of carbonyl (C=O) groups is 1. The summed E-state index contributed by atoms with van der Waals surface area (Å²) in [7, 11) is 1.82. The van der Waals surface area contributed by atoms with Crippen LogP contribution in [-0.2, 0) is 13.6 Å². The van der Waals surface area contributed by atoms with Gasteiger partial charge in [0.15, 0.2) is 0 Å². The first-order valence-electron chi connectivity index (χ1n) is 6.27. The van der Waals surface area contributed by atoms with E-state index in [0.29, 0.717) is 18.7 Å². The molecule has 0 unspecified atom stereocenters. The Morgan fingerprint density at radius 1 is 1.37 bits per heavy atom. The third-order valence-electron chi connectivity index (χ3n) is 3.19. The molecule has 2 aromatic rings. The van der Waals surface area contributed by atoms with Crippen LogP contribution in [0, 0.1) is 20.8 Å². The van der Waals surface area contributed by atoms with E-state index in [-0.39, 0.29) is 5.91 Å². The second kappa shape index (κ2) is 5.26. The molecule has 0 aliphatic rings. The molecule has 0 spiro atoms. The number of amides is 1. The van der Waals surface area contributed by atoms with Gasteiger partial charge in [0.05, 0.1) is 24.0 Å². The number of hydrogen-bond acceptors (Lipinski definition) is 3. The average molecular weight is 261 g/mol. The van der Waals surface area contributed by atoms with E-state index in [9.17, 15) is 4.79 Å². The van der Waals surface area contributed by atoms with Crippen molar-refractivity contribution in [1.82, 2.24) is 24.9 Å². The molecule has 0 aromatic carbocycles. The molecule has 2 rings (SSSR count). The lowest BCUT2D eigenvalue weighted by atomic mass is 10.2. The summed E-state index contributed by atoms with van der Waals surface area (Å²) in [4.78, 5) is 12.0. The summed E-state index contributed by atoms with van der Waals surface area (Å²) in [6.07, 6.45) is 1.59. The van der Waals surface area contributed by atoms with Crippen molar-refractivity contribution < 1.29 is 4.79 Å². The fourth-order valence-electron chi connectivity index (χ4n) is 1.99. The van der Waals surface area contributed by atoms with E-state index in [1.54, 1.807) is 10.9 Å². The zero-order valence-corrected chi connectivity index (χ0v) is 11.8. The molecule has 0 aliphatic carbocycles. The minimum Gasteiger partial charge on any atom is -0.350 e. The first-order chi connectivity index (χ1) is 8.99. The van der Waals surface area contributed by atoms with Crippen LogP contribution in [0.5, 0.6) is 0 Å². The molecular weight excluding hydrogens is 242 g/mol. The van der Waals surface area contributed by atoms with Crippen LogP contribution in [0.4, 0.5) is 0 Å². The molecule has 102 valence electrons. The van der Waals surface area contributed by atoms with E-state index in [1.165, 1.54) is 0 Å². The summed E-state index contributed by atoms with van der Waals surface area (Å²) >= 11 is 0. The van der Waals surface area contributed by atoms with Gasteiger partial charge < -0.3 is 5.32 Å². The monoisotopic (exact) mass is 261 g/mol. The van der Waals surface area contributed by atoms with Gasteiger partial charge in [-0.2, -0.15) is 10.2 Å². The molecule has 0 atom stereocenters. The molecular formula is C13H19N5O. The maximum Gasteiger partial charge on any atom is 0.254 e. The highest BCUT2D eigenvalue weighted by atomic mass is 16.1.